The van der Waals surface area contributed by atoms with Gasteiger partial charge in [0, 0.05) is 30.1 Å². The standard InChI is InChI=1S/C20H25N3O5S3/c1-30(25,26)15-6-8-16(9-7-15)31(27,28)23-12-10-14(11-13-23)19(24)22-20-21-17-4-2-3-5-18(17)29-20/h6-9,14H,2-5,10-13H2,1H3,(H,21,22,24). The van der Waals surface area contributed by atoms with Gasteiger partial charge >= 0.3 is 0 Å². The van der Waals surface area contributed by atoms with E-state index in [0.717, 1.165) is 37.6 Å². The zero-order chi connectivity index (χ0) is 22.2. The van der Waals surface area contributed by atoms with Gasteiger partial charge in [-0.2, -0.15) is 4.31 Å². The number of piperidine rings is 1. The Kier molecular flexibility index (Phi) is 6.21. The number of sulfone groups is 1. The summed E-state index contributed by atoms with van der Waals surface area (Å²) in [5.41, 5.74) is 1.09. The number of hydrogen-bond donors (Lipinski definition) is 1. The molecule has 0 radical (unpaired) electrons. The van der Waals surface area contributed by atoms with E-state index in [0.29, 0.717) is 18.0 Å². The topological polar surface area (TPSA) is 114 Å². The second-order valence-electron chi connectivity index (χ2n) is 8.01. The smallest absolute Gasteiger partial charge is 0.243 e. The first kappa shape index (κ1) is 22.4. The monoisotopic (exact) mass is 483 g/mol. The van der Waals surface area contributed by atoms with E-state index in [2.05, 4.69) is 10.3 Å². The molecule has 168 valence electrons. The van der Waals surface area contributed by atoms with Crippen LogP contribution >= 0.6 is 11.3 Å². The highest BCUT2D eigenvalue weighted by Gasteiger charge is 2.32. The van der Waals surface area contributed by atoms with Gasteiger partial charge in [-0.05, 0) is 62.8 Å². The van der Waals surface area contributed by atoms with Crippen molar-refractivity contribution in [2.24, 2.45) is 5.92 Å². The molecule has 0 unspecified atom stereocenters. The van der Waals surface area contributed by atoms with Crippen LogP contribution in [-0.4, -0.2) is 51.4 Å². The minimum Gasteiger partial charge on any atom is -0.302 e. The molecule has 0 atom stereocenters. The number of rotatable bonds is 5. The van der Waals surface area contributed by atoms with E-state index >= 15 is 0 Å². The molecule has 0 spiro atoms. The lowest BCUT2D eigenvalue weighted by Crippen LogP contribution is -2.41. The highest BCUT2D eigenvalue weighted by atomic mass is 32.2. The number of fused-ring (bicyclic) bond motifs is 1. The van der Waals surface area contributed by atoms with Crippen molar-refractivity contribution in [2.75, 3.05) is 24.7 Å². The quantitative estimate of drug-likeness (QED) is 0.699. The third kappa shape index (κ3) is 4.84. The zero-order valence-corrected chi connectivity index (χ0v) is 19.7. The van der Waals surface area contributed by atoms with Crippen LogP contribution in [0.3, 0.4) is 0 Å². The predicted octanol–water partition coefficient (Wildman–Crippen LogP) is 2.46. The average molecular weight is 484 g/mol. The predicted molar refractivity (Wildman–Crippen MR) is 118 cm³/mol. The summed E-state index contributed by atoms with van der Waals surface area (Å²) in [6, 6.07) is 5.23. The normalized spacial score (nSPS) is 18.5. The van der Waals surface area contributed by atoms with Crippen molar-refractivity contribution in [2.45, 2.75) is 48.3 Å². The van der Waals surface area contributed by atoms with Crippen molar-refractivity contribution >= 4 is 42.2 Å². The number of amides is 1. The second-order valence-corrected chi connectivity index (χ2v) is 13.0. The first-order valence-electron chi connectivity index (χ1n) is 10.2. The fourth-order valence-corrected chi connectivity index (χ4v) is 7.13. The maximum atomic E-state index is 12.9. The van der Waals surface area contributed by atoms with Gasteiger partial charge in [0.15, 0.2) is 15.0 Å². The molecule has 0 saturated carbocycles. The van der Waals surface area contributed by atoms with Crippen molar-refractivity contribution < 1.29 is 21.6 Å². The molecule has 31 heavy (non-hydrogen) atoms. The molecule has 1 saturated heterocycles. The van der Waals surface area contributed by atoms with E-state index in [1.807, 2.05) is 0 Å². The molecule has 1 aromatic carbocycles. The molecule has 2 heterocycles. The summed E-state index contributed by atoms with van der Waals surface area (Å²) in [6.07, 6.45) is 6.20. The van der Waals surface area contributed by atoms with Crippen LogP contribution in [0.2, 0.25) is 0 Å². The fraction of sp³-hybridized carbons (Fsp3) is 0.500. The van der Waals surface area contributed by atoms with Crippen LogP contribution in [0.15, 0.2) is 34.1 Å². The molecule has 2 aliphatic rings. The number of thiazole rings is 1. The van der Waals surface area contributed by atoms with Crippen molar-refractivity contribution in [3.63, 3.8) is 0 Å². The van der Waals surface area contributed by atoms with E-state index < -0.39 is 19.9 Å². The maximum absolute atomic E-state index is 12.9. The SMILES string of the molecule is CS(=O)(=O)c1ccc(S(=O)(=O)N2CCC(C(=O)Nc3nc4c(s3)CCCC4)CC2)cc1. The molecule has 8 nitrogen and oxygen atoms in total. The molecular weight excluding hydrogens is 458 g/mol. The van der Waals surface area contributed by atoms with Gasteiger partial charge in [0.2, 0.25) is 15.9 Å². The van der Waals surface area contributed by atoms with Gasteiger partial charge in [-0.15, -0.1) is 11.3 Å². The Morgan fingerprint density at radius 1 is 1.03 bits per heavy atom. The number of nitrogens with zero attached hydrogens (tertiary/aromatic N) is 2. The summed E-state index contributed by atoms with van der Waals surface area (Å²) >= 11 is 1.54. The molecule has 1 aliphatic heterocycles. The Balaban J connectivity index is 1.37. The zero-order valence-electron chi connectivity index (χ0n) is 17.2. The molecular formula is C20H25N3O5S3. The van der Waals surface area contributed by atoms with Crippen LogP contribution in [0.5, 0.6) is 0 Å². The number of aromatic nitrogens is 1. The van der Waals surface area contributed by atoms with Gasteiger partial charge in [-0.25, -0.2) is 21.8 Å². The minimum absolute atomic E-state index is 0.0520. The number of nitrogens with one attached hydrogen (secondary N) is 1. The van der Waals surface area contributed by atoms with Crippen molar-refractivity contribution in [3.05, 3.63) is 34.8 Å². The second kappa shape index (κ2) is 8.61. The number of benzene rings is 1. The lowest BCUT2D eigenvalue weighted by Gasteiger charge is -2.30. The number of sulfonamides is 1. The number of aryl methyl sites for hydroxylation is 2. The number of carbonyl (C=O) groups is 1. The minimum atomic E-state index is -3.74. The Morgan fingerprint density at radius 2 is 1.65 bits per heavy atom. The van der Waals surface area contributed by atoms with Gasteiger partial charge in [0.05, 0.1) is 15.5 Å². The Labute approximate surface area is 186 Å². The van der Waals surface area contributed by atoms with Gasteiger partial charge in [-0.3, -0.25) is 4.79 Å². The molecule has 1 aromatic heterocycles. The van der Waals surface area contributed by atoms with E-state index in [9.17, 15) is 21.6 Å². The molecule has 0 bridgehead atoms. The Bertz CT molecular complexity index is 1160. The van der Waals surface area contributed by atoms with Crippen molar-refractivity contribution in [1.29, 1.82) is 0 Å². The Morgan fingerprint density at radius 3 is 2.26 bits per heavy atom. The summed E-state index contributed by atoms with van der Waals surface area (Å²) in [4.78, 5) is 18.6. The number of anilines is 1. The van der Waals surface area contributed by atoms with Crippen LogP contribution in [0.1, 0.15) is 36.3 Å². The Hall–Kier alpha value is -1.82. The van der Waals surface area contributed by atoms with E-state index in [1.54, 1.807) is 11.3 Å². The molecule has 1 aliphatic carbocycles. The molecule has 4 rings (SSSR count). The van der Waals surface area contributed by atoms with Crippen LogP contribution in [-0.2, 0) is 37.5 Å². The summed E-state index contributed by atoms with van der Waals surface area (Å²) < 4.78 is 50.3. The third-order valence-electron chi connectivity index (χ3n) is 5.79. The summed E-state index contributed by atoms with van der Waals surface area (Å²) in [5.74, 6) is -0.374. The maximum Gasteiger partial charge on any atom is 0.243 e. The summed E-state index contributed by atoms with van der Waals surface area (Å²) in [6.45, 7) is 0.477. The van der Waals surface area contributed by atoms with Crippen molar-refractivity contribution in [3.8, 4) is 0 Å². The van der Waals surface area contributed by atoms with E-state index in [-0.39, 0.29) is 34.7 Å². The molecule has 11 heteroatoms. The number of hydrogen-bond acceptors (Lipinski definition) is 7. The fourth-order valence-electron chi connectivity index (χ4n) is 3.98. The highest BCUT2D eigenvalue weighted by Crippen LogP contribution is 2.31. The summed E-state index contributed by atoms with van der Waals surface area (Å²) in [5, 5.41) is 3.56. The summed E-state index contributed by atoms with van der Waals surface area (Å²) in [7, 11) is -7.13. The first-order chi connectivity index (χ1) is 14.6. The van der Waals surface area contributed by atoms with Gasteiger partial charge < -0.3 is 5.32 Å². The van der Waals surface area contributed by atoms with E-state index in [4.69, 9.17) is 0 Å². The molecule has 1 N–H and O–H groups in total. The van der Waals surface area contributed by atoms with Crippen LogP contribution in [0.4, 0.5) is 5.13 Å². The van der Waals surface area contributed by atoms with Gasteiger partial charge in [0.25, 0.3) is 0 Å². The third-order valence-corrected chi connectivity index (χ3v) is 9.90. The van der Waals surface area contributed by atoms with Gasteiger partial charge in [-0.1, -0.05) is 0 Å². The largest absolute Gasteiger partial charge is 0.302 e. The highest BCUT2D eigenvalue weighted by molar-refractivity contribution is 7.90. The van der Waals surface area contributed by atoms with Crippen LogP contribution < -0.4 is 5.32 Å². The van der Waals surface area contributed by atoms with Crippen LogP contribution in [0, 0.1) is 5.92 Å². The average Bonchev–Trinajstić information content (AvgIpc) is 3.15. The lowest BCUT2D eigenvalue weighted by atomic mass is 9.97. The van der Waals surface area contributed by atoms with E-state index in [1.165, 1.54) is 33.4 Å². The molecule has 1 amide bonds. The van der Waals surface area contributed by atoms with Gasteiger partial charge in [0.1, 0.15) is 0 Å². The molecule has 1 fully saturated rings. The van der Waals surface area contributed by atoms with Crippen molar-refractivity contribution in [1.82, 2.24) is 9.29 Å². The first-order valence-corrected chi connectivity index (χ1v) is 14.4. The number of carbonyl (C=O) groups excluding carboxylic acids is 1. The lowest BCUT2D eigenvalue weighted by molar-refractivity contribution is -0.120. The van der Waals surface area contributed by atoms with Crippen LogP contribution in [0.25, 0.3) is 0 Å². The molecule has 2 aromatic rings.